The molecule has 242 valence electrons. The molecule has 0 aliphatic carbocycles. The van der Waals surface area contributed by atoms with Crippen LogP contribution in [0.3, 0.4) is 0 Å². The number of hydrogen-bond donors (Lipinski definition) is 0. The van der Waals surface area contributed by atoms with Crippen molar-refractivity contribution < 1.29 is 27.6 Å². The molecule has 0 saturated carbocycles. The normalized spacial score (nSPS) is 17.4. The van der Waals surface area contributed by atoms with Crippen LogP contribution in [-0.2, 0) is 16.1 Å². The number of aromatic nitrogens is 3. The molecule has 1 atom stereocenters. The summed E-state index contributed by atoms with van der Waals surface area (Å²) in [6.45, 7) is 4.95. The van der Waals surface area contributed by atoms with Crippen LogP contribution >= 0.6 is 0 Å². The summed E-state index contributed by atoms with van der Waals surface area (Å²) in [5.41, 5.74) is 5.45. The lowest BCUT2D eigenvalue weighted by molar-refractivity contribution is -0.120. The second kappa shape index (κ2) is 12.6. The zero-order valence-corrected chi connectivity index (χ0v) is 26.3. The number of hydrogen-bond acceptors (Lipinski definition) is 6. The van der Waals surface area contributed by atoms with Gasteiger partial charge in [-0.25, -0.2) is 18.6 Å². The standard InChI is InChI=1S/C36H35F2N5O4/c1-22-34(23(2)47-40-22)25-11-14-31-30(19-25)39-35(32-9-6-10-33(44)42(32)27-12-13-28(37)29(38)20-27)43(31)26-15-17-41(18-16-26)36(45)46-21-24-7-4-3-5-8-24/h3-5,7-8,11-14,19-20,26,32H,6,9-10,15-18,21H2,1-2H3/t32-/m0/s1. The van der Waals surface area contributed by atoms with Crippen LogP contribution in [0.25, 0.3) is 22.2 Å². The van der Waals surface area contributed by atoms with E-state index in [1.165, 1.54) is 6.07 Å². The van der Waals surface area contributed by atoms with Gasteiger partial charge in [0.2, 0.25) is 5.91 Å². The van der Waals surface area contributed by atoms with Crippen LogP contribution in [0.5, 0.6) is 0 Å². The number of likely N-dealkylation sites (tertiary alicyclic amines) is 1. The van der Waals surface area contributed by atoms with Gasteiger partial charge in [0.15, 0.2) is 11.6 Å². The highest BCUT2D eigenvalue weighted by Gasteiger charge is 2.37. The summed E-state index contributed by atoms with van der Waals surface area (Å²) in [7, 11) is 0. The average Bonchev–Trinajstić information content (AvgIpc) is 3.63. The monoisotopic (exact) mass is 639 g/mol. The van der Waals surface area contributed by atoms with Gasteiger partial charge in [-0.15, -0.1) is 0 Å². The van der Waals surface area contributed by atoms with Crippen molar-refractivity contribution in [1.29, 1.82) is 0 Å². The van der Waals surface area contributed by atoms with Crippen LogP contribution in [0, 0.1) is 25.5 Å². The summed E-state index contributed by atoms with van der Waals surface area (Å²) in [5.74, 6) is -0.765. The molecule has 2 aromatic heterocycles. The molecule has 0 bridgehead atoms. The van der Waals surface area contributed by atoms with Gasteiger partial charge in [-0.3, -0.25) is 4.79 Å². The van der Waals surface area contributed by atoms with Crippen LogP contribution in [0.1, 0.15) is 67.0 Å². The Bertz CT molecular complexity index is 1930. The van der Waals surface area contributed by atoms with E-state index in [2.05, 4.69) is 9.72 Å². The summed E-state index contributed by atoms with van der Waals surface area (Å²) >= 11 is 0. The summed E-state index contributed by atoms with van der Waals surface area (Å²) in [6.07, 6.45) is 2.50. The number of rotatable bonds is 6. The number of ether oxygens (including phenoxy) is 1. The smallest absolute Gasteiger partial charge is 0.410 e. The third kappa shape index (κ3) is 5.86. The van der Waals surface area contributed by atoms with Crippen LogP contribution in [0.15, 0.2) is 71.3 Å². The predicted octanol–water partition coefficient (Wildman–Crippen LogP) is 7.82. The molecule has 2 saturated heterocycles. The van der Waals surface area contributed by atoms with Crippen LogP contribution in [0.2, 0.25) is 0 Å². The van der Waals surface area contributed by atoms with Crippen molar-refractivity contribution in [1.82, 2.24) is 19.6 Å². The van der Waals surface area contributed by atoms with Crippen molar-refractivity contribution in [2.45, 2.75) is 64.6 Å². The van der Waals surface area contributed by atoms with E-state index in [4.69, 9.17) is 14.2 Å². The quantitative estimate of drug-likeness (QED) is 0.188. The minimum absolute atomic E-state index is 0.0260. The fraction of sp³-hybridized carbons (Fsp3) is 0.333. The average molecular weight is 640 g/mol. The number of imidazole rings is 1. The Hall–Kier alpha value is -5.06. The molecule has 7 rings (SSSR count). The molecule has 0 N–H and O–H groups in total. The summed E-state index contributed by atoms with van der Waals surface area (Å²) < 4.78 is 41.6. The fourth-order valence-corrected chi connectivity index (χ4v) is 6.98. The van der Waals surface area contributed by atoms with Gasteiger partial charge in [0.05, 0.1) is 22.8 Å². The van der Waals surface area contributed by atoms with Gasteiger partial charge in [0.25, 0.3) is 0 Å². The van der Waals surface area contributed by atoms with Crippen molar-refractivity contribution in [2.75, 3.05) is 18.0 Å². The van der Waals surface area contributed by atoms with E-state index < -0.39 is 17.7 Å². The molecule has 3 aromatic carbocycles. The Morgan fingerprint density at radius 1 is 0.979 bits per heavy atom. The van der Waals surface area contributed by atoms with Crippen molar-refractivity contribution >= 4 is 28.7 Å². The molecule has 0 radical (unpaired) electrons. The molecule has 0 spiro atoms. The first kappa shape index (κ1) is 30.6. The lowest BCUT2D eigenvalue weighted by Gasteiger charge is -2.38. The molecular weight excluding hydrogens is 604 g/mol. The zero-order valence-electron chi connectivity index (χ0n) is 26.3. The predicted molar refractivity (Wildman–Crippen MR) is 172 cm³/mol. The SMILES string of the molecule is Cc1noc(C)c1-c1ccc2c(c1)nc([C@@H]1CCCC(=O)N1c1ccc(F)c(F)c1)n2C1CCN(C(=O)OCc2ccccc2)CC1. The Morgan fingerprint density at radius 2 is 1.77 bits per heavy atom. The van der Waals surface area contributed by atoms with Gasteiger partial charge < -0.3 is 23.6 Å². The summed E-state index contributed by atoms with van der Waals surface area (Å²) in [6, 6.07) is 18.7. The number of carbonyl (C=O) groups is 2. The van der Waals surface area contributed by atoms with Crippen LogP contribution in [0.4, 0.5) is 19.3 Å². The maximum atomic E-state index is 14.4. The molecule has 2 aliphatic heterocycles. The lowest BCUT2D eigenvalue weighted by atomic mass is 9.98. The maximum absolute atomic E-state index is 14.4. The molecule has 11 heteroatoms. The number of aryl methyl sites for hydroxylation is 2. The maximum Gasteiger partial charge on any atom is 0.410 e. The highest BCUT2D eigenvalue weighted by Crippen LogP contribution is 2.41. The van der Waals surface area contributed by atoms with Crippen LogP contribution < -0.4 is 4.90 Å². The van der Waals surface area contributed by atoms with Gasteiger partial charge >= 0.3 is 6.09 Å². The van der Waals surface area contributed by atoms with E-state index in [0.717, 1.165) is 45.6 Å². The number of benzene rings is 3. The molecule has 4 heterocycles. The number of carbonyl (C=O) groups excluding carboxylic acids is 2. The first-order chi connectivity index (χ1) is 22.8. The summed E-state index contributed by atoms with van der Waals surface area (Å²) in [5, 5.41) is 4.11. The lowest BCUT2D eigenvalue weighted by Crippen LogP contribution is -2.42. The highest BCUT2D eigenvalue weighted by molar-refractivity contribution is 5.95. The number of fused-ring (bicyclic) bond motifs is 1. The largest absolute Gasteiger partial charge is 0.445 e. The number of nitrogens with zero attached hydrogens (tertiary/aromatic N) is 5. The number of anilines is 1. The van der Waals surface area contributed by atoms with E-state index in [-0.39, 0.29) is 24.6 Å². The van der Waals surface area contributed by atoms with Gasteiger partial charge in [-0.05, 0) is 74.9 Å². The fourth-order valence-electron chi connectivity index (χ4n) is 6.98. The highest BCUT2D eigenvalue weighted by atomic mass is 19.2. The van der Waals surface area contributed by atoms with Crippen molar-refractivity contribution in [2.24, 2.45) is 0 Å². The first-order valence-corrected chi connectivity index (χ1v) is 16.0. The van der Waals surface area contributed by atoms with Gasteiger partial charge in [0.1, 0.15) is 18.2 Å². The molecule has 0 unspecified atom stereocenters. The van der Waals surface area contributed by atoms with E-state index >= 15 is 0 Å². The number of piperidine rings is 2. The van der Waals surface area contributed by atoms with E-state index in [9.17, 15) is 18.4 Å². The third-order valence-electron chi connectivity index (χ3n) is 9.26. The first-order valence-electron chi connectivity index (χ1n) is 16.0. The molecule has 2 fully saturated rings. The number of amides is 2. The Kier molecular flexibility index (Phi) is 8.21. The molecular formula is C36H35F2N5O4. The molecule has 5 aromatic rings. The Labute approximate surface area is 270 Å². The van der Waals surface area contributed by atoms with Crippen molar-refractivity contribution in [3.05, 3.63) is 101 Å². The van der Waals surface area contributed by atoms with E-state index in [0.29, 0.717) is 62.5 Å². The third-order valence-corrected chi connectivity index (χ3v) is 9.26. The minimum atomic E-state index is -1.01. The Morgan fingerprint density at radius 3 is 2.49 bits per heavy atom. The number of halogens is 2. The molecule has 2 amide bonds. The molecule has 47 heavy (non-hydrogen) atoms. The van der Waals surface area contributed by atoms with Crippen molar-refractivity contribution in [3.8, 4) is 11.1 Å². The van der Waals surface area contributed by atoms with Crippen LogP contribution in [-0.4, -0.2) is 44.7 Å². The second-order valence-corrected chi connectivity index (χ2v) is 12.3. The second-order valence-electron chi connectivity index (χ2n) is 12.3. The van der Waals surface area contributed by atoms with Gasteiger partial charge in [-0.2, -0.15) is 0 Å². The van der Waals surface area contributed by atoms with Gasteiger partial charge in [0, 0.05) is 42.9 Å². The summed E-state index contributed by atoms with van der Waals surface area (Å²) in [4.78, 5) is 34.8. The molecule has 9 nitrogen and oxygen atoms in total. The molecule has 2 aliphatic rings. The van der Waals surface area contributed by atoms with E-state index in [1.54, 1.807) is 9.80 Å². The van der Waals surface area contributed by atoms with Crippen molar-refractivity contribution in [3.63, 3.8) is 0 Å². The topological polar surface area (TPSA) is 93.7 Å². The Balaban J connectivity index is 1.24. The zero-order chi connectivity index (χ0) is 32.7. The van der Waals surface area contributed by atoms with Gasteiger partial charge in [-0.1, -0.05) is 41.6 Å². The minimum Gasteiger partial charge on any atom is -0.445 e. The van der Waals surface area contributed by atoms with E-state index in [1.807, 2.05) is 62.4 Å².